The lowest BCUT2D eigenvalue weighted by Gasteiger charge is -2.17. The van der Waals surface area contributed by atoms with Gasteiger partial charge in [-0.15, -0.1) is 4.40 Å². The highest BCUT2D eigenvalue weighted by Gasteiger charge is 2.23. The molecule has 1 aromatic rings. The Morgan fingerprint density at radius 2 is 2.24 bits per heavy atom. The van der Waals surface area contributed by atoms with Crippen molar-refractivity contribution < 1.29 is 13.2 Å². The van der Waals surface area contributed by atoms with Crippen molar-refractivity contribution in [3.05, 3.63) is 34.9 Å². The van der Waals surface area contributed by atoms with Crippen molar-refractivity contribution in [2.45, 2.75) is 19.3 Å². The Labute approximate surface area is 100 Å². The van der Waals surface area contributed by atoms with E-state index in [9.17, 15) is 8.42 Å². The van der Waals surface area contributed by atoms with Gasteiger partial charge < -0.3 is 10.5 Å². The van der Waals surface area contributed by atoms with Gasteiger partial charge in [-0.05, 0) is 18.1 Å². The molecule has 0 aromatic heterocycles. The third kappa shape index (κ3) is 2.48. The van der Waals surface area contributed by atoms with Crippen LogP contribution in [0.3, 0.4) is 0 Å². The molecule has 0 spiro atoms. The standard InChI is InChI=1S/C11H14N2O3S/c1-2-16-6-8-4-3-5-9-7-17(14,15)13-11(12)10(8)9/h3-5H,2,6-7H2,1H3,(H2,12,13). The summed E-state index contributed by atoms with van der Waals surface area (Å²) < 4.78 is 31.8. The van der Waals surface area contributed by atoms with Gasteiger partial charge in [-0.25, -0.2) is 8.42 Å². The minimum atomic E-state index is -3.46. The Morgan fingerprint density at radius 3 is 2.94 bits per heavy atom. The van der Waals surface area contributed by atoms with Crippen LogP contribution in [0.5, 0.6) is 0 Å². The second-order valence-corrected chi connectivity index (χ2v) is 5.43. The third-order valence-corrected chi connectivity index (χ3v) is 3.68. The van der Waals surface area contributed by atoms with Crippen molar-refractivity contribution in [1.82, 2.24) is 0 Å². The summed E-state index contributed by atoms with van der Waals surface area (Å²) in [4.78, 5) is 0. The summed E-state index contributed by atoms with van der Waals surface area (Å²) in [5.41, 5.74) is 7.98. The van der Waals surface area contributed by atoms with Gasteiger partial charge in [0.1, 0.15) is 5.84 Å². The van der Waals surface area contributed by atoms with Crippen LogP contribution in [-0.4, -0.2) is 20.9 Å². The largest absolute Gasteiger partial charge is 0.383 e. The number of rotatable bonds is 3. The Morgan fingerprint density at radius 1 is 1.47 bits per heavy atom. The summed E-state index contributed by atoms with van der Waals surface area (Å²) >= 11 is 0. The maximum absolute atomic E-state index is 11.5. The molecule has 1 heterocycles. The van der Waals surface area contributed by atoms with Gasteiger partial charge in [0.05, 0.1) is 12.4 Å². The van der Waals surface area contributed by atoms with Crippen molar-refractivity contribution in [2.75, 3.05) is 6.61 Å². The first-order valence-corrected chi connectivity index (χ1v) is 6.91. The van der Waals surface area contributed by atoms with E-state index in [4.69, 9.17) is 10.5 Å². The molecule has 5 nitrogen and oxygen atoms in total. The van der Waals surface area contributed by atoms with Crippen LogP contribution in [0.2, 0.25) is 0 Å². The summed E-state index contributed by atoms with van der Waals surface area (Å²) in [6.07, 6.45) is 0. The zero-order chi connectivity index (χ0) is 12.5. The molecule has 0 fully saturated rings. The first-order chi connectivity index (χ1) is 8.03. The molecule has 0 saturated carbocycles. The summed E-state index contributed by atoms with van der Waals surface area (Å²) in [5.74, 6) is -0.0373. The van der Waals surface area contributed by atoms with Crippen LogP contribution < -0.4 is 5.73 Å². The van der Waals surface area contributed by atoms with Gasteiger partial charge in [0.25, 0.3) is 10.0 Å². The van der Waals surface area contributed by atoms with Gasteiger partial charge in [-0.1, -0.05) is 18.2 Å². The van der Waals surface area contributed by atoms with Crippen molar-refractivity contribution in [3.63, 3.8) is 0 Å². The van der Waals surface area contributed by atoms with Crippen LogP contribution in [0, 0.1) is 0 Å². The fraction of sp³-hybridized carbons (Fsp3) is 0.364. The number of hydrogen-bond donors (Lipinski definition) is 1. The number of benzene rings is 1. The molecule has 2 rings (SSSR count). The molecular formula is C11H14N2O3S. The number of nitrogens with two attached hydrogens (primary N) is 1. The summed E-state index contributed by atoms with van der Waals surface area (Å²) in [5, 5.41) is 0. The van der Waals surface area contributed by atoms with Crippen LogP contribution in [0.25, 0.3) is 0 Å². The van der Waals surface area contributed by atoms with E-state index in [-0.39, 0.29) is 11.6 Å². The number of nitrogens with zero attached hydrogens (tertiary/aromatic N) is 1. The molecule has 0 amide bonds. The van der Waals surface area contributed by atoms with E-state index >= 15 is 0 Å². The molecule has 0 aliphatic carbocycles. The fourth-order valence-corrected chi connectivity index (χ4v) is 2.95. The van der Waals surface area contributed by atoms with Gasteiger partial charge in [0.2, 0.25) is 0 Å². The van der Waals surface area contributed by atoms with Crippen molar-refractivity contribution in [2.24, 2.45) is 10.1 Å². The van der Waals surface area contributed by atoms with Crippen molar-refractivity contribution in [3.8, 4) is 0 Å². The van der Waals surface area contributed by atoms with Crippen LogP contribution in [0.15, 0.2) is 22.6 Å². The lowest BCUT2D eigenvalue weighted by molar-refractivity contribution is 0.134. The van der Waals surface area contributed by atoms with Gasteiger partial charge >= 0.3 is 0 Å². The fourth-order valence-electron chi connectivity index (χ4n) is 1.86. The highest BCUT2D eigenvalue weighted by Crippen LogP contribution is 2.23. The number of hydrogen-bond acceptors (Lipinski definition) is 4. The summed E-state index contributed by atoms with van der Waals surface area (Å²) in [7, 11) is -3.46. The Balaban J connectivity index is 2.49. The SMILES string of the molecule is CCOCc1cccc2c1C(N)=NS(=O)(=O)C2. The average molecular weight is 254 g/mol. The molecule has 92 valence electrons. The topological polar surface area (TPSA) is 81.8 Å². The van der Waals surface area contributed by atoms with Crippen molar-refractivity contribution >= 4 is 15.9 Å². The van der Waals surface area contributed by atoms with Gasteiger partial charge in [-0.3, -0.25) is 0 Å². The second kappa shape index (κ2) is 4.46. The monoisotopic (exact) mass is 254 g/mol. The van der Waals surface area contributed by atoms with E-state index < -0.39 is 10.0 Å². The number of ether oxygens (including phenoxy) is 1. The maximum atomic E-state index is 11.5. The van der Waals surface area contributed by atoms with Gasteiger partial charge in [-0.2, -0.15) is 0 Å². The van der Waals surface area contributed by atoms with E-state index in [0.717, 1.165) is 5.56 Å². The molecule has 0 atom stereocenters. The highest BCUT2D eigenvalue weighted by atomic mass is 32.2. The quantitative estimate of drug-likeness (QED) is 0.863. The smallest absolute Gasteiger partial charge is 0.259 e. The van der Waals surface area contributed by atoms with E-state index in [2.05, 4.69) is 4.40 Å². The molecule has 2 N–H and O–H groups in total. The normalized spacial score (nSPS) is 17.4. The molecule has 0 bridgehead atoms. The zero-order valence-electron chi connectivity index (χ0n) is 9.51. The zero-order valence-corrected chi connectivity index (χ0v) is 10.3. The Hall–Kier alpha value is -1.40. The first kappa shape index (κ1) is 12.1. The molecule has 0 radical (unpaired) electrons. The Bertz CT molecular complexity index is 564. The predicted octanol–water partition coefficient (Wildman–Crippen LogP) is 0.772. The van der Waals surface area contributed by atoms with E-state index in [1.165, 1.54) is 0 Å². The Kier molecular flexibility index (Phi) is 3.17. The van der Waals surface area contributed by atoms with Crippen LogP contribution in [-0.2, 0) is 27.1 Å². The van der Waals surface area contributed by atoms with E-state index in [0.29, 0.717) is 24.3 Å². The van der Waals surface area contributed by atoms with Gasteiger partial charge in [0.15, 0.2) is 0 Å². The molecule has 1 aromatic carbocycles. The lowest BCUT2D eigenvalue weighted by atomic mass is 10.0. The van der Waals surface area contributed by atoms with Crippen LogP contribution in [0.4, 0.5) is 0 Å². The molecule has 1 aliphatic rings. The summed E-state index contributed by atoms with van der Waals surface area (Å²) in [6.45, 7) is 2.91. The van der Waals surface area contributed by atoms with E-state index in [1.54, 1.807) is 12.1 Å². The minimum absolute atomic E-state index is 0.0570. The summed E-state index contributed by atoms with van der Waals surface area (Å²) in [6, 6.07) is 5.43. The molecular weight excluding hydrogens is 240 g/mol. The number of sulfonamides is 1. The second-order valence-electron chi connectivity index (χ2n) is 3.79. The van der Waals surface area contributed by atoms with E-state index in [1.807, 2.05) is 13.0 Å². The maximum Gasteiger partial charge on any atom is 0.259 e. The molecule has 6 heteroatoms. The predicted molar refractivity (Wildman–Crippen MR) is 65.1 cm³/mol. The number of amidine groups is 1. The molecule has 1 aliphatic heterocycles. The van der Waals surface area contributed by atoms with Crippen LogP contribution in [0.1, 0.15) is 23.6 Å². The third-order valence-electron chi connectivity index (χ3n) is 2.53. The average Bonchev–Trinajstić information content (AvgIpc) is 2.23. The molecule has 0 unspecified atom stereocenters. The molecule has 17 heavy (non-hydrogen) atoms. The first-order valence-electron chi connectivity index (χ1n) is 5.30. The van der Waals surface area contributed by atoms with Crippen molar-refractivity contribution in [1.29, 1.82) is 0 Å². The minimum Gasteiger partial charge on any atom is -0.383 e. The van der Waals surface area contributed by atoms with Crippen LogP contribution >= 0.6 is 0 Å². The number of fused-ring (bicyclic) bond motifs is 1. The highest BCUT2D eigenvalue weighted by molar-refractivity contribution is 7.89. The molecule has 0 saturated heterocycles. The lowest BCUT2D eigenvalue weighted by Crippen LogP contribution is -2.25. The van der Waals surface area contributed by atoms with Gasteiger partial charge in [0, 0.05) is 12.2 Å².